The molecular formula is C9H7ClIN3. The van der Waals surface area contributed by atoms with Crippen molar-refractivity contribution in [3.8, 4) is 0 Å². The van der Waals surface area contributed by atoms with Crippen LogP contribution in [0, 0.1) is 3.70 Å². The van der Waals surface area contributed by atoms with Gasteiger partial charge < -0.3 is 0 Å². The maximum Gasteiger partial charge on any atom is 0.175 e. The summed E-state index contributed by atoms with van der Waals surface area (Å²) in [5, 5.41) is 0.484. The average molecular weight is 320 g/mol. The molecular weight excluding hydrogens is 312 g/mol. The maximum absolute atomic E-state index is 5.97. The van der Waals surface area contributed by atoms with Crippen molar-refractivity contribution < 1.29 is 0 Å². The zero-order valence-corrected chi connectivity index (χ0v) is 10.2. The third-order valence-corrected chi connectivity index (χ3v) is 3.48. The molecule has 2 heterocycles. The van der Waals surface area contributed by atoms with E-state index in [-0.39, 0.29) is 0 Å². The van der Waals surface area contributed by atoms with Crippen LogP contribution in [0.4, 0.5) is 0 Å². The van der Waals surface area contributed by atoms with Gasteiger partial charge in [0.15, 0.2) is 10.8 Å². The first-order valence-corrected chi connectivity index (χ1v) is 5.90. The van der Waals surface area contributed by atoms with Crippen LogP contribution in [0.1, 0.15) is 24.5 Å². The minimum atomic E-state index is 0.484. The van der Waals surface area contributed by atoms with Crippen LogP contribution in [0.2, 0.25) is 5.15 Å². The van der Waals surface area contributed by atoms with Crippen LogP contribution in [-0.2, 0) is 0 Å². The van der Waals surface area contributed by atoms with Gasteiger partial charge in [0, 0.05) is 12.1 Å². The minimum Gasteiger partial charge on any atom is -0.290 e. The Hall–Kier alpha value is -0.360. The van der Waals surface area contributed by atoms with Gasteiger partial charge in [0.05, 0.1) is 11.9 Å². The van der Waals surface area contributed by atoms with Crippen LogP contribution >= 0.6 is 34.2 Å². The highest BCUT2D eigenvalue weighted by atomic mass is 127. The van der Waals surface area contributed by atoms with E-state index in [0.29, 0.717) is 11.1 Å². The Bertz CT molecular complexity index is 465. The van der Waals surface area contributed by atoms with E-state index in [1.165, 1.54) is 12.8 Å². The molecule has 0 bridgehead atoms. The molecule has 72 valence electrons. The molecule has 1 aliphatic carbocycles. The zero-order valence-electron chi connectivity index (χ0n) is 7.24. The molecule has 3 nitrogen and oxygen atoms in total. The van der Waals surface area contributed by atoms with Crippen molar-refractivity contribution in [2.24, 2.45) is 0 Å². The van der Waals surface area contributed by atoms with Gasteiger partial charge in [-0.05, 0) is 35.4 Å². The lowest BCUT2D eigenvalue weighted by Gasteiger charge is -1.96. The lowest BCUT2D eigenvalue weighted by Crippen LogP contribution is -1.91. The number of aromatic nitrogens is 3. The third-order valence-electron chi connectivity index (χ3n) is 2.42. The Morgan fingerprint density at radius 3 is 2.93 bits per heavy atom. The van der Waals surface area contributed by atoms with Gasteiger partial charge >= 0.3 is 0 Å². The summed E-state index contributed by atoms with van der Waals surface area (Å²) >= 11 is 8.20. The standard InChI is InChI=1S/C9H7ClIN3/c10-8-9-13-6(5-1-2-5)4-14(9)7(11)3-12-8/h3-5H,1-2H2. The third kappa shape index (κ3) is 1.32. The summed E-state index contributed by atoms with van der Waals surface area (Å²) in [6, 6.07) is 0. The molecule has 2 aromatic rings. The summed E-state index contributed by atoms with van der Waals surface area (Å²) in [5.41, 5.74) is 1.93. The van der Waals surface area contributed by atoms with Crippen molar-refractivity contribution >= 4 is 39.8 Å². The smallest absolute Gasteiger partial charge is 0.175 e. The van der Waals surface area contributed by atoms with E-state index in [4.69, 9.17) is 11.6 Å². The Balaban J connectivity index is 2.30. The molecule has 0 saturated heterocycles. The first-order valence-electron chi connectivity index (χ1n) is 4.44. The number of hydrogen-bond donors (Lipinski definition) is 0. The van der Waals surface area contributed by atoms with Crippen LogP contribution in [0.5, 0.6) is 0 Å². The zero-order chi connectivity index (χ0) is 9.71. The first kappa shape index (κ1) is 8.91. The summed E-state index contributed by atoms with van der Waals surface area (Å²) in [6.07, 6.45) is 6.34. The van der Waals surface area contributed by atoms with E-state index < -0.39 is 0 Å². The van der Waals surface area contributed by atoms with Gasteiger partial charge in [0.25, 0.3) is 0 Å². The Labute approximate surface area is 99.6 Å². The van der Waals surface area contributed by atoms with Crippen LogP contribution < -0.4 is 0 Å². The fourth-order valence-electron chi connectivity index (χ4n) is 1.51. The van der Waals surface area contributed by atoms with E-state index >= 15 is 0 Å². The lowest BCUT2D eigenvalue weighted by atomic mass is 10.3. The fourth-order valence-corrected chi connectivity index (χ4v) is 2.20. The van der Waals surface area contributed by atoms with Gasteiger partial charge in [-0.2, -0.15) is 0 Å². The second kappa shape index (κ2) is 3.06. The molecule has 1 aliphatic rings. The molecule has 0 atom stereocenters. The van der Waals surface area contributed by atoms with Gasteiger partial charge in [-0.25, -0.2) is 9.97 Å². The quantitative estimate of drug-likeness (QED) is 0.757. The molecule has 2 aromatic heterocycles. The van der Waals surface area contributed by atoms with E-state index in [1.807, 2.05) is 4.40 Å². The van der Waals surface area contributed by atoms with E-state index in [9.17, 15) is 0 Å². The highest BCUT2D eigenvalue weighted by Gasteiger charge is 2.26. The topological polar surface area (TPSA) is 30.2 Å². The van der Waals surface area contributed by atoms with Crippen LogP contribution in [0.25, 0.3) is 5.65 Å². The Morgan fingerprint density at radius 2 is 2.29 bits per heavy atom. The number of halogens is 2. The van der Waals surface area contributed by atoms with Gasteiger partial charge in [0.2, 0.25) is 0 Å². The summed E-state index contributed by atoms with van der Waals surface area (Å²) in [6.45, 7) is 0. The molecule has 0 aromatic carbocycles. The van der Waals surface area contributed by atoms with Gasteiger partial charge in [-0.15, -0.1) is 0 Å². The number of rotatable bonds is 1. The Morgan fingerprint density at radius 1 is 1.50 bits per heavy atom. The molecule has 0 spiro atoms. The largest absolute Gasteiger partial charge is 0.290 e. The predicted molar refractivity (Wildman–Crippen MR) is 62.7 cm³/mol. The van der Waals surface area contributed by atoms with Crippen molar-refractivity contribution in [2.75, 3.05) is 0 Å². The molecule has 1 fully saturated rings. The van der Waals surface area contributed by atoms with Crippen LogP contribution in [-0.4, -0.2) is 14.4 Å². The van der Waals surface area contributed by atoms with Gasteiger partial charge in [0.1, 0.15) is 3.70 Å². The number of hydrogen-bond acceptors (Lipinski definition) is 2. The van der Waals surface area contributed by atoms with Crippen molar-refractivity contribution in [2.45, 2.75) is 18.8 Å². The second-order valence-corrected chi connectivity index (χ2v) is 4.97. The molecule has 0 radical (unpaired) electrons. The average Bonchev–Trinajstić information content (AvgIpc) is 2.92. The lowest BCUT2D eigenvalue weighted by molar-refractivity contribution is 1.05. The van der Waals surface area contributed by atoms with Crippen molar-refractivity contribution in [3.63, 3.8) is 0 Å². The molecule has 14 heavy (non-hydrogen) atoms. The number of fused-ring (bicyclic) bond motifs is 1. The number of imidazole rings is 1. The summed E-state index contributed by atoms with van der Waals surface area (Å²) in [5.74, 6) is 0.654. The Kier molecular flexibility index (Phi) is 1.95. The summed E-state index contributed by atoms with van der Waals surface area (Å²) < 4.78 is 3.05. The number of nitrogens with zero attached hydrogens (tertiary/aromatic N) is 3. The highest BCUT2D eigenvalue weighted by Crippen LogP contribution is 2.39. The predicted octanol–water partition coefficient (Wildman–Crippen LogP) is 2.86. The molecule has 5 heteroatoms. The van der Waals surface area contributed by atoms with Crippen LogP contribution in [0.15, 0.2) is 12.4 Å². The summed E-state index contributed by atoms with van der Waals surface area (Å²) in [4.78, 5) is 8.57. The van der Waals surface area contributed by atoms with Crippen molar-refractivity contribution in [3.05, 3.63) is 26.9 Å². The normalized spacial score (nSPS) is 16.4. The van der Waals surface area contributed by atoms with E-state index in [1.54, 1.807) is 6.20 Å². The SMILES string of the molecule is Clc1ncc(I)n2cc(C3CC3)nc12. The minimum absolute atomic E-state index is 0.484. The second-order valence-electron chi connectivity index (χ2n) is 3.51. The highest BCUT2D eigenvalue weighted by molar-refractivity contribution is 14.1. The molecule has 0 amide bonds. The first-order chi connectivity index (χ1) is 6.75. The maximum atomic E-state index is 5.97. The van der Waals surface area contributed by atoms with Crippen molar-refractivity contribution in [1.82, 2.24) is 14.4 Å². The fraction of sp³-hybridized carbons (Fsp3) is 0.333. The monoisotopic (exact) mass is 319 g/mol. The van der Waals surface area contributed by atoms with Crippen molar-refractivity contribution in [1.29, 1.82) is 0 Å². The van der Waals surface area contributed by atoms with E-state index in [0.717, 1.165) is 15.0 Å². The molecule has 0 unspecified atom stereocenters. The van der Waals surface area contributed by atoms with Crippen LogP contribution in [0.3, 0.4) is 0 Å². The van der Waals surface area contributed by atoms with Gasteiger partial charge in [-0.1, -0.05) is 11.6 Å². The molecule has 0 N–H and O–H groups in total. The molecule has 3 rings (SSSR count). The van der Waals surface area contributed by atoms with Gasteiger partial charge in [-0.3, -0.25) is 4.40 Å². The molecule has 0 aliphatic heterocycles. The molecule has 1 saturated carbocycles. The van der Waals surface area contributed by atoms with E-state index in [2.05, 4.69) is 38.8 Å². The summed E-state index contributed by atoms with van der Waals surface area (Å²) in [7, 11) is 0.